The summed E-state index contributed by atoms with van der Waals surface area (Å²) in [6, 6.07) is 10.1. The zero-order valence-electron chi connectivity index (χ0n) is 15.3. The van der Waals surface area contributed by atoms with Gasteiger partial charge in [-0.05, 0) is 31.9 Å². The van der Waals surface area contributed by atoms with Gasteiger partial charge in [-0.3, -0.25) is 9.69 Å². The molecule has 1 atom stereocenters. The molecule has 1 aromatic rings. The molecule has 0 spiro atoms. The topological polar surface area (TPSA) is 66.9 Å². The standard InChI is InChI=1S/C19H28N2O4S/c1-20(17-9-12-26(23,24)15-17)13-19(22)21-10-7-18(8-11-21)25-14-16-5-3-2-4-6-16/h2-6,17-18H,7-15H2,1H3. The second-order valence-electron chi connectivity index (χ2n) is 7.35. The minimum absolute atomic E-state index is 0.0318. The van der Waals surface area contributed by atoms with Crippen LogP contribution in [0.4, 0.5) is 0 Å². The summed E-state index contributed by atoms with van der Waals surface area (Å²) in [5.74, 6) is 0.491. The number of carbonyl (C=O) groups excluding carboxylic acids is 1. The summed E-state index contributed by atoms with van der Waals surface area (Å²) < 4.78 is 29.2. The molecule has 7 heteroatoms. The van der Waals surface area contributed by atoms with E-state index in [1.807, 2.05) is 35.0 Å². The minimum atomic E-state index is -2.92. The first-order chi connectivity index (χ1) is 12.4. The number of nitrogens with zero attached hydrogens (tertiary/aromatic N) is 2. The fourth-order valence-electron chi connectivity index (χ4n) is 3.63. The van der Waals surface area contributed by atoms with Crippen LogP contribution in [0.15, 0.2) is 30.3 Å². The van der Waals surface area contributed by atoms with Crippen molar-refractivity contribution >= 4 is 15.7 Å². The largest absolute Gasteiger partial charge is 0.373 e. The van der Waals surface area contributed by atoms with Crippen molar-refractivity contribution < 1.29 is 17.9 Å². The average molecular weight is 381 g/mol. The first-order valence-corrected chi connectivity index (χ1v) is 11.1. The Balaban J connectivity index is 1.39. The lowest BCUT2D eigenvalue weighted by atomic mass is 10.1. The third-order valence-electron chi connectivity index (χ3n) is 5.34. The van der Waals surface area contributed by atoms with Gasteiger partial charge in [-0.1, -0.05) is 30.3 Å². The van der Waals surface area contributed by atoms with Gasteiger partial charge < -0.3 is 9.64 Å². The summed E-state index contributed by atoms with van der Waals surface area (Å²) in [5, 5.41) is 0. The molecule has 2 aliphatic rings. The molecule has 6 nitrogen and oxygen atoms in total. The molecular weight excluding hydrogens is 352 g/mol. The van der Waals surface area contributed by atoms with Gasteiger partial charge in [0.05, 0.1) is 30.8 Å². The van der Waals surface area contributed by atoms with Crippen molar-refractivity contribution in [2.24, 2.45) is 0 Å². The van der Waals surface area contributed by atoms with Crippen LogP contribution in [-0.4, -0.2) is 74.5 Å². The zero-order valence-corrected chi connectivity index (χ0v) is 16.2. The van der Waals surface area contributed by atoms with E-state index in [9.17, 15) is 13.2 Å². The normalized spacial score (nSPS) is 23.5. The molecule has 2 saturated heterocycles. The molecule has 1 amide bonds. The number of hydrogen-bond acceptors (Lipinski definition) is 5. The first-order valence-electron chi connectivity index (χ1n) is 9.27. The maximum absolute atomic E-state index is 12.5. The highest BCUT2D eigenvalue weighted by atomic mass is 32.2. The van der Waals surface area contributed by atoms with Crippen molar-refractivity contribution in [1.29, 1.82) is 0 Å². The molecule has 1 unspecified atom stereocenters. The molecule has 26 heavy (non-hydrogen) atoms. The van der Waals surface area contributed by atoms with Crippen LogP contribution in [0.25, 0.3) is 0 Å². The number of benzene rings is 1. The highest BCUT2D eigenvalue weighted by molar-refractivity contribution is 7.91. The Bertz CT molecular complexity index is 700. The molecule has 0 aromatic heterocycles. The van der Waals surface area contributed by atoms with Crippen molar-refractivity contribution in [2.45, 2.75) is 38.0 Å². The van der Waals surface area contributed by atoms with Crippen LogP contribution in [0.1, 0.15) is 24.8 Å². The molecule has 0 N–H and O–H groups in total. The monoisotopic (exact) mass is 380 g/mol. The predicted molar refractivity (Wildman–Crippen MR) is 101 cm³/mol. The maximum atomic E-state index is 12.5. The van der Waals surface area contributed by atoms with E-state index < -0.39 is 9.84 Å². The van der Waals surface area contributed by atoms with Crippen molar-refractivity contribution in [1.82, 2.24) is 9.80 Å². The van der Waals surface area contributed by atoms with Crippen molar-refractivity contribution in [3.05, 3.63) is 35.9 Å². The highest BCUT2D eigenvalue weighted by Crippen LogP contribution is 2.18. The van der Waals surface area contributed by atoms with Gasteiger partial charge in [-0.25, -0.2) is 8.42 Å². The number of likely N-dealkylation sites (tertiary alicyclic amines) is 1. The SMILES string of the molecule is CN(CC(=O)N1CCC(OCc2ccccc2)CC1)C1CCS(=O)(=O)C1. The second kappa shape index (κ2) is 8.50. The predicted octanol–water partition coefficient (Wildman–Crippen LogP) is 1.31. The van der Waals surface area contributed by atoms with E-state index in [1.165, 1.54) is 5.56 Å². The molecule has 2 heterocycles. The van der Waals surface area contributed by atoms with Crippen molar-refractivity contribution in [3.8, 4) is 0 Å². The molecule has 3 rings (SSSR count). The highest BCUT2D eigenvalue weighted by Gasteiger charge is 2.32. The van der Waals surface area contributed by atoms with E-state index in [2.05, 4.69) is 12.1 Å². The molecule has 144 valence electrons. The first kappa shape index (κ1) is 19.3. The van der Waals surface area contributed by atoms with E-state index >= 15 is 0 Å². The van der Waals surface area contributed by atoms with Crippen LogP contribution in [0.3, 0.4) is 0 Å². The van der Waals surface area contributed by atoms with Gasteiger partial charge in [-0.15, -0.1) is 0 Å². The summed E-state index contributed by atoms with van der Waals surface area (Å²) in [7, 11) is -1.07. The number of piperidine rings is 1. The molecule has 0 saturated carbocycles. The quantitative estimate of drug-likeness (QED) is 0.745. The smallest absolute Gasteiger partial charge is 0.236 e. The van der Waals surface area contributed by atoms with Gasteiger partial charge in [0, 0.05) is 19.1 Å². The lowest BCUT2D eigenvalue weighted by Crippen LogP contribution is -2.47. The second-order valence-corrected chi connectivity index (χ2v) is 9.58. The van der Waals surface area contributed by atoms with E-state index in [4.69, 9.17) is 4.74 Å². The summed E-state index contributed by atoms with van der Waals surface area (Å²) in [6.45, 7) is 2.30. The van der Waals surface area contributed by atoms with E-state index in [0.717, 1.165) is 12.8 Å². The molecule has 0 radical (unpaired) electrons. The summed E-state index contributed by atoms with van der Waals surface area (Å²) in [4.78, 5) is 16.3. The van der Waals surface area contributed by atoms with Crippen LogP contribution in [0.5, 0.6) is 0 Å². The molecule has 1 aromatic carbocycles. The minimum Gasteiger partial charge on any atom is -0.373 e. The molecule has 2 aliphatic heterocycles. The molecule has 0 bridgehead atoms. The third-order valence-corrected chi connectivity index (χ3v) is 7.09. The summed E-state index contributed by atoms with van der Waals surface area (Å²) >= 11 is 0. The third kappa shape index (κ3) is 5.28. The van der Waals surface area contributed by atoms with Crippen LogP contribution in [-0.2, 0) is 26.0 Å². The molecular formula is C19H28N2O4S. The van der Waals surface area contributed by atoms with Gasteiger partial charge in [0.1, 0.15) is 0 Å². The zero-order chi connectivity index (χ0) is 18.6. The Hall–Kier alpha value is -1.44. The number of carbonyl (C=O) groups is 1. The van der Waals surface area contributed by atoms with Gasteiger partial charge in [0.15, 0.2) is 9.84 Å². The van der Waals surface area contributed by atoms with Gasteiger partial charge in [0.25, 0.3) is 0 Å². The number of ether oxygens (including phenoxy) is 1. The average Bonchev–Trinajstić information content (AvgIpc) is 3.01. The van der Waals surface area contributed by atoms with Crippen molar-refractivity contribution in [2.75, 3.05) is 38.2 Å². The van der Waals surface area contributed by atoms with Crippen molar-refractivity contribution in [3.63, 3.8) is 0 Å². The van der Waals surface area contributed by atoms with Gasteiger partial charge >= 0.3 is 0 Å². The van der Waals surface area contributed by atoms with Gasteiger partial charge in [-0.2, -0.15) is 0 Å². The van der Waals surface area contributed by atoms with E-state index in [1.54, 1.807) is 0 Å². The van der Waals surface area contributed by atoms with Crippen LogP contribution >= 0.6 is 0 Å². The number of hydrogen-bond donors (Lipinski definition) is 0. The van der Waals surface area contributed by atoms with Crippen LogP contribution in [0, 0.1) is 0 Å². The number of likely N-dealkylation sites (N-methyl/N-ethyl adjacent to an activating group) is 1. The molecule has 2 fully saturated rings. The van der Waals surface area contributed by atoms with Crippen LogP contribution in [0.2, 0.25) is 0 Å². The Kier molecular flexibility index (Phi) is 6.32. The Morgan fingerprint density at radius 3 is 2.50 bits per heavy atom. The maximum Gasteiger partial charge on any atom is 0.236 e. The fourth-order valence-corrected chi connectivity index (χ4v) is 5.43. The number of amides is 1. The lowest BCUT2D eigenvalue weighted by Gasteiger charge is -2.33. The summed E-state index contributed by atoms with van der Waals surface area (Å²) in [5.41, 5.74) is 1.17. The molecule has 0 aliphatic carbocycles. The van der Waals surface area contributed by atoms with Gasteiger partial charge in [0.2, 0.25) is 5.91 Å². The number of rotatable bonds is 6. The van der Waals surface area contributed by atoms with E-state index in [-0.39, 0.29) is 36.1 Å². The number of sulfone groups is 1. The van der Waals surface area contributed by atoms with Crippen LogP contribution < -0.4 is 0 Å². The Labute approximate surface area is 156 Å². The Morgan fingerprint density at radius 1 is 1.19 bits per heavy atom. The lowest BCUT2D eigenvalue weighted by molar-refractivity contribution is -0.135. The fraction of sp³-hybridized carbons (Fsp3) is 0.632. The Morgan fingerprint density at radius 2 is 1.88 bits per heavy atom. The van der Waals surface area contributed by atoms with E-state index in [0.29, 0.717) is 26.1 Å². The summed E-state index contributed by atoms with van der Waals surface area (Å²) in [6.07, 6.45) is 2.51.